The number of para-hydroxylation sites is 1. The van der Waals surface area contributed by atoms with Gasteiger partial charge in [-0.1, -0.05) is 12.1 Å². The molecule has 0 amide bonds. The van der Waals surface area contributed by atoms with E-state index in [-0.39, 0.29) is 11.4 Å². The first-order valence-electron chi connectivity index (χ1n) is 6.50. The molecule has 0 bridgehead atoms. The lowest BCUT2D eigenvalue weighted by atomic mass is 10.1. The molecule has 0 aliphatic carbocycles. The number of aromatic nitrogens is 2. The van der Waals surface area contributed by atoms with Crippen LogP contribution in [0.2, 0.25) is 0 Å². The highest BCUT2D eigenvalue weighted by Crippen LogP contribution is 2.22. The van der Waals surface area contributed by atoms with Gasteiger partial charge in [-0.25, -0.2) is 9.37 Å². The van der Waals surface area contributed by atoms with Crippen LogP contribution >= 0.6 is 11.8 Å². The summed E-state index contributed by atoms with van der Waals surface area (Å²) in [5, 5.41) is 0.602. The zero-order chi connectivity index (χ0) is 14.8. The molecule has 106 valence electrons. The second-order valence-corrected chi connectivity index (χ2v) is 5.78. The highest BCUT2D eigenvalue weighted by atomic mass is 32.2. The van der Waals surface area contributed by atoms with Crippen LogP contribution in [0.25, 0.3) is 10.9 Å². The summed E-state index contributed by atoms with van der Waals surface area (Å²) in [5.74, 6) is 0.897. The lowest BCUT2D eigenvalue weighted by molar-refractivity contribution is 0.626. The molecule has 1 N–H and O–H groups in total. The number of thioether (sulfide) groups is 1. The van der Waals surface area contributed by atoms with Crippen molar-refractivity contribution in [2.75, 3.05) is 0 Å². The van der Waals surface area contributed by atoms with Crippen molar-refractivity contribution < 1.29 is 4.39 Å². The number of hydrogen-bond donors (Lipinski definition) is 1. The summed E-state index contributed by atoms with van der Waals surface area (Å²) in [6.07, 6.45) is 0. The first kappa shape index (κ1) is 13.8. The third kappa shape index (κ3) is 2.97. The number of nitrogens with zero attached hydrogens (tertiary/aromatic N) is 1. The van der Waals surface area contributed by atoms with Crippen LogP contribution in [0.1, 0.15) is 11.4 Å². The van der Waals surface area contributed by atoms with Crippen molar-refractivity contribution in [3.8, 4) is 0 Å². The minimum Gasteiger partial charge on any atom is -0.309 e. The van der Waals surface area contributed by atoms with Gasteiger partial charge in [0, 0.05) is 4.90 Å². The van der Waals surface area contributed by atoms with E-state index >= 15 is 0 Å². The monoisotopic (exact) mass is 300 g/mol. The number of fused-ring (bicyclic) bond motifs is 1. The Morgan fingerprint density at radius 1 is 1.19 bits per heavy atom. The molecule has 0 atom stereocenters. The molecule has 0 aliphatic heterocycles. The van der Waals surface area contributed by atoms with Gasteiger partial charge in [-0.05, 0) is 42.8 Å². The molecule has 0 spiro atoms. The van der Waals surface area contributed by atoms with E-state index in [1.54, 1.807) is 18.2 Å². The average Bonchev–Trinajstić information content (AvgIpc) is 2.48. The van der Waals surface area contributed by atoms with Crippen molar-refractivity contribution in [1.29, 1.82) is 0 Å². The molecule has 0 unspecified atom stereocenters. The summed E-state index contributed by atoms with van der Waals surface area (Å²) in [6, 6.07) is 11.8. The second kappa shape index (κ2) is 5.69. The SMILES string of the molecule is Cc1cccc2c(=O)[nH]c(CSc3ccc(F)cc3)nc12. The Kier molecular flexibility index (Phi) is 3.75. The van der Waals surface area contributed by atoms with Crippen LogP contribution in [0.15, 0.2) is 52.2 Å². The van der Waals surface area contributed by atoms with Gasteiger partial charge >= 0.3 is 0 Å². The van der Waals surface area contributed by atoms with Crippen molar-refractivity contribution in [3.05, 3.63) is 70.0 Å². The van der Waals surface area contributed by atoms with Gasteiger partial charge in [0.05, 0.1) is 16.7 Å². The van der Waals surface area contributed by atoms with Gasteiger partial charge in [0.15, 0.2) is 0 Å². The molecule has 3 aromatic rings. The molecule has 0 saturated heterocycles. The largest absolute Gasteiger partial charge is 0.309 e. The molecular formula is C16H13FN2OS. The molecule has 0 fully saturated rings. The average molecular weight is 300 g/mol. The van der Waals surface area contributed by atoms with E-state index in [4.69, 9.17) is 0 Å². The predicted octanol–water partition coefficient (Wildman–Crippen LogP) is 3.66. The zero-order valence-corrected chi connectivity index (χ0v) is 12.2. The number of hydrogen-bond acceptors (Lipinski definition) is 3. The van der Waals surface area contributed by atoms with Gasteiger partial charge in [0.2, 0.25) is 0 Å². The molecule has 3 rings (SSSR count). The maximum atomic E-state index is 12.9. The van der Waals surface area contributed by atoms with Crippen LogP contribution in [-0.2, 0) is 5.75 Å². The molecule has 21 heavy (non-hydrogen) atoms. The van der Waals surface area contributed by atoms with Gasteiger partial charge in [-0.15, -0.1) is 11.8 Å². The van der Waals surface area contributed by atoms with Crippen LogP contribution in [0.5, 0.6) is 0 Å². The van der Waals surface area contributed by atoms with Crippen molar-refractivity contribution >= 4 is 22.7 Å². The highest BCUT2D eigenvalue weighted by molar-refractivity contribution is 7.98. The van der Waals surface area contributed by atoms with Crippen molar-refractivity contribution in [2.24, 2.45) is 0 Å². The third-order valence-electron chi connectivity index (χ3n) is 3.18. The van der Waals surface area contributed by atoms with Crippen molar-refractivity contribution in [3.63, 3.8) is 0 Å². The van der Waals surface area contributed by atoms with Crippen LogP contribution in [0.3, 0.4) is 0 Å². The molecule has 3 nitrogen and oxygen atoms in total. The summed E-state index contributed by atoms with van der Waals surface area (Å²) >= 11 is 1.51. The predicted molar refractivity (Wildman–Crippen MR) is 83.1 cm³/mol. The van der Waals surface area contributed by atoms with Gasteiger partial charge in [-0.2, -0.15) is 0 Å². The van der Waals surface area contributed by atoms with Crippen LogP contribution in [0.4, 0.5) is 4.39 Å². The standard InChI is InChI=1S/C16H13FN2OS/c1-10-3-2-4-13-15(10)18-14(19-16(13)20)9-21-12-7-5-11(17)6-8-12/h2-8H,9H2,1H3,(H,18,19,20). The van der Waals surface area contributed by atoms with E-state index in [1.807, 2.05) is 19.1 Å². The Labute approximate surface area is 125 Å². The van der Waals surface area contributed by atoms with Gasteiger partial charge < -0.3 is 4.98 Å². The summed E-state index contributed by atoms with van der Waals surface area (Å²) in [5.41, 5.74) is 1.58. The van der Waals surface area contributed by atoms with Crippen LogP contribution < -0.4 is 5.56 Å². The Morgan fingerprint density at radius 3 is 2.71 bits per heavy atom. The first-order valence-corrected chi connectivity index (χ1v) is 7.49. The number of aromatic amines is 1. The van der Waals surface area contributed by atoms with Gasteiger partial charge in [-0.3, -0.25) is 4.79 Å². The Morgan fingerprint density at radius 2 is 1.95 bits per heavy atom. The second-order valence-electron chi connectivity index (χ2n) is 4.73. The minimum atomic E-state index is -0.257. The molecule has 5 heteroatoms. The maximum Gasteiger partial charge on any atom is 0.258 e. The number of H-pyrrole nitrogens is 1. The zero-order valence-electron chi connectivity index (χ0n) is 11.4. The summed E-state index contributed by atoms with van der Waals surface area (Å²) < 4.78 is 12.9. The Balaban J connectivity index is 1.89. The molecule has 0 aliphatic rings. The summed E-state index contributed by atoms with van der Waals surface area (Å²) in [4.78, 5) is 20.3. The Hall–Kier alpha value is -2.14. The summed E-state index contributed by atoms with van der Waals surface area (Å²) in [7, 11) is 0. The fourth-order valence-electron chi connectivity index (χ4n) is 2.10. The van der Waals surface area contributed by atoms with Crippen LogP contribution in [-0.4, -0.2) is 9.97 Å². The van der Waals surface area contributed by atoms with Gasteiger partial charge in [0.25, 0.3) is 5.56 Å². The minimum absolute atomic E-state index is 0.126. The van der Waals surface area contributed by atoms with E-state index in [1.165, 1.54) is 23.9 Å². The smallest absolute Gasteiger partial charge is 0.258 e. The first-order chi connectivity index (χ1) is 10.1. The van der Waals surface area contributed by atoms with E-state index in [9.17, 15) is 9.18 Å². The highest BCUT2D eigenvalue weighted by Gasteiger charge is 2.06. The van der Waals surface area contributed by atoms with Gasteiger partial charge in [0.1, 0.15) is 11.6 Å². The fourth-order valence-corrected chi connectivity index (χ4v) is 2.87. The maximum absolute atomic E-state index is 12.9. The molecule has 0 saturated carbocycles. The van der Waals surface area contributed by atoms with Crippen LogP contribution in [0, 0.1) is 12.7 Å². The fraction of sp³-hybridized carbons (Fsp3) is 0.125. The molecule has 1 heterocycles. The molecule has 2 aromatic carbocycles. The number of benzene rings is 2. The molecule has 1 aromatic heterocycles. The lowest BCUT2D eigenvalue weighted by Crippen LogP contribution is -2.11. The van der Waals surface area contributed by atoms with E-state index in [0.717, 1.165) is 16.0 Å². The molecule has 0 radical (unpaired) electrons. The summed E-state index contributed by atoms with van der Waals surface area (Å²) in [6.45, 7) is 1.94. The van der Waals surface area contributed by atoms with E-state index in [2.05, 4.69) is 9.97 Å². The number of nitrogens with one attached hydrogen (secondary N) is 1. The number of rotatable bonds is 3. The van der Waals surface area contributed by atoms with E-state index < -0.39 is 0 Å². The lowest BCUT2D eigenvalue weighted by Gasteiger charge is -2.05. The van der Waals surface area contributed by atoms with E-state index in [0.29, 0.717) is 17.0 Å². The Bertz CT molecular complexity index is 843. The number of halogens is 1. The number of aryl methyl sites for hydroxylation is 1. The quantitative estimate of drug-likeness (QED) is 0.751. The third-order valence-corrected chi connectivity index (χ3v) is 4.20. The topological polar surface area (TPSA) is 45.8 Å². The van der Waals surface area contributed by atoms with Crippen molar-refractivity contribution in [2.45, 2.75) is 17.6 Å². The molecular weight excluding hydrogens is 287 g/mol. The van der Waals surface area contributed by atoms with Crippen molar-refractivity contribution in [1.82, 2.24) is 9.97 Å². The normalized spacial score (nSPS) is 11.0.